The lowest BCUT2D eigenvalue weighted by molar-refractivity contribution is -0.166. The van der Waals surface area contributed by atoms with Gasteiger partial charge in [-0.05, 0) is 50.1 Å². The summed E-state index contributed by atoms with van der Waals surface area (Å²) in [5.41, 5.74) is 0. The summed E-state index contributed by atoms with van der Waals surface area (Å²) < 4.78 is 17.0. The smallest absolute Gasteiger partial charge is 0.334 e. The highest BCUT2D eigenvalue weighted by Crippen LogP contribution is 2.38. The molecule has 0 aromatic rings. The molecule has 0 aliphatic heterocycles. The van der Waals surface area contributed by atoms with Crippen LogP contribution < -0.4 is 0 Å². The molecule has 0 heterocycles. The van der Waals surface area contributed by atoms with Crippen molar-refractivity contribution in [2.45, 2.75) is 104 Å². The van der Waals surface area contributed by atoms with Crippen LogP contribution in [-0.4, -0.2) is 40.8 Å². The van der Waals surface area contributed by atoms with Crippen LogP contribution in [-0.2, 0) is 23.2 Å². The zero-order valence-electron chi connectivity index (χ0n) is 18.2. The van der Waals surface area contributed by atoms with Crippen LogP contribution in [0.2, 0.25) is 36.3 Å². The molecule has 7 heteroatoms. The minimum absolute atomic E-state index is 0.00554. The van der Waals surface area contributed by atoms with E-state index in [4.69, 9.17) is 13.6 Å². The first-order valence-corrected chi connectivity index (χ1v) is 14.7. The van der Waals surface area contributed by atoms with Crippen molar-refractivity contribution < 1.29 is 23.2 Å². The molecule has 0 N–H and O–H groups in total. The van der Waals surface area contributed by atoms with Crippen molar-refractivity contribution in [3.05, 3.63) is 0 Å². The van der Waals surface area contributed by atoms with Crippen molar-refractivity contribution >= 4 is 28.6 Å². The van der Waals surface area contributed by atoms with Crippen LogP contribution in [0.25, 0.3) is 0 Å². The van der Waals surface area contributed by atoms with Crippen LogP contribution in [0, 0.1) is 0 Å². The Labute approximate surface area is 156 Å². The molecule has 25 heavy (non-hydrogen) atoms. The third-order valence-electron chi connectivity index (χ3n) is 5.40. The highest BCUT2D eigenvalue weighted by molar-refractivity contribution is 6.75. The molecule has 0 radical (unpaired) electrons. The fourth-order valence-electron chi connectivity index (χ4n) is 1.47. The lowest BCUT2D eigenvalue weighted by atomic mass is 10.2. The molecule has 0 aliphatic carbocycles. The third-order valence-corrected chi connectivity index (χ3v) is 14.3. The molecule has 0 spiro atoms. The van der Waals surface area contributed by atoms with Crippen molar-refractivity contribution in [3.8, 4) is 0 Å². The van der Waals surface area contributed by atoms with E-state index in [0.29, 0.717) is 0 Å². The highest BCUT2D eigenvalue weighted by Gasteiger charge is 2.43. The Bertz CT molecular complexity index is 487. The first-order chi connectivity index (χ1) is 10.8. The van der Waals surface area contributed by atoms with Gasteiger partial charge in [0.25, 0.3) is 8.32 Å². The van der Waals surface area contributed by atoms with Crippen LogP contribution >= 0.6 is 0 Å². The molecule has 0 bridgehead atoms. The lowest BCUT2D eigenvalue weighted by Gasteiger charge is -2.38. The van der Waals surface area contributed by atoms with E-state index in [2.05, 4.69) is 54.6 Å². The van der Waals surface area contributed by atoms with Crippen molar-refractivity contribution in [2.75, 3.05) is 0 Å². The SMILES string of the molecule is C[C@H](OC(=O)[C@H](C)O[Si](C)(C)C(C)(C)C)C(=O)O[Si](C)(C)C(C)(C)C. The maximum atomic E-state index is 12.3. The largest absolute Gasteiger partial charge is 0.516 e. The Hall–Kier alpha value is -0.666. The Morgan fingerprint density at radius 1 is 0.720 bits per heavy atom. The summed E-state index contributed by atoms with van der Waals surface area (Å²) in [6.45, 7) is 23.8. The summed E-state index contributed by atoms with van der Waals surface area (Å²) in [7, 11) is -4.32. The molecule has 0 amide bonds. The van der Waals surface area contributed by atoms with Crippen molar-refractivity contribution in [3.63, 3.8) is 0 Å². The van der Waals surface area contributed by atoms with Crippen LogP contribution in [0.4, 0.5) is 0 Å². The van der Waals surface area contributed by atoms with Gasteiger partial charge in [0.05, 0.1) is 0 Å². The molecular weight excluding hydrogens is 352 g/mol. The molecule has 2 atom stereocenters. The summed E-state index contributed by atoms with van der Waals surface area (Å²) in [6.07, 6.45) is -1.64. The average molecular weight is 391 g/mol. The van der Waals surface area contributed by atoms with E-state index in [1.807, 2.05) is 13.1 Å². The topological polar surface area (TPSA) is 61.8 Å². The summed E-state index contributed by atoms with van der Waals surface area (Å²) in [4.78, 5) is 24.6. The lowest BCUT2D eigenvalue weighted by Crippen LogP contribution is -2.47. The summed E-state index contributed by atoms with van der Waals surface area (Å²) in [5.74, 6) is -1.01. The second kappa shape index (κ2) is 7.92. The van der Waals surface area contributed by atoms with Crippen LogP contribution in [0.5, 0.6) is 0 Å². The van der Waals surface area contributed by atoms with Gasteiger partial charge in [-0.15, -0.1) is 0 Å². The zero-order chi connectivity index (χ0) is 20.4. The molecule has 0 saturated carbocycles. The number of esters is 1. The quantitative estimate of drug-likeness (QED) is 0.478. The van der Waals surface area contributed by atoms with E-state index < -0.39 is 40.8 Å². The monoisotopic (exact) mass is 390 g/mol. The molecule has 0 fully saturated rings. The molecule has 0 aromatic carbocycles. The average Bonchev–Trinajstić information content (AvgIpc) is 2.34. The van der Waals surface area contributed by atoms with E-state index >= 15 is 0 Å². The predicted molar refractivity (Wildman–Crippen MR) is 107 cm³/mol. The van der Waals surface area contributed by atoms with E-state index in [-0.39, 0.29) is 10.1 Å². The summed E-state index contributed by atoms with van der Waals surface area (Å²) >= 11 is 0. The van der Waals surface area contributed by atoms with Crippen LogP contribution in [0.3, 0.4) is 0 Å². The summed E-state index contributed by atoms with van der Waals surface area (Å²) in [5, 5.41) is -0.0977. The molecule has 0 aliphatic rings. The van der Waals surface area contributed by atoms with E-state index in [0.717, 1.165) is 0 Å². The number of hydrogen-bond donors (Lipinski definition) is 0. The second-order valence-corrected chi connectivity index (χ2v) is 19.3. The van der Waals surface area contributed by atoms with Gasteiger partial charge in [-0.25, -0.2) is 9.59 Å². The Balaban J connectivity index is 4.83. The fraction of sp³-hybridized carbons (Fsp3) is 0.889. The number of carbonyl (C=O) groups is 2. The first-order valence-electron chi connectivity index (χ1n) is 8.93. The predicted octanol–water partition coefficient (Wildman–Crippen LogP) is 4.88. The van der Waals surface area contributed by atoms with Crippen LogP contribution in [0.15, 0.2) is 0 Å². The molecule has 0 saturated heterocycles. The summed E-state index contributed by atoms with van der Waals surface area (Å²) in [6, 6.07) is 0. The third kappa shape index (κ3) is 6.86. The molecule has 5 nitrogen and oxygen atoms in total. The van der Waals surface area contributed by atoms with Gasteiger partial charge in [0.1, 0.15) is 6.10 Å². The van der Waals surface area contributed by atoms with Gasteiger partial charge in [-0.2, -0.15) is 0 Å². The second-order valence-electron chi connectivity index (χ2n) is 9.78. The molecule has 0 aromatic heterocycles. The Kier molecular flexibility index (Phi) is 7.71. The zero-order valence-corrected chi connectivity index (χ0v) is 20.2. The van der Waals surface area contributed by atoms with E-state index in [1.54, 1.807) is 13.8 Å². The minimum atomic E-state index is -2.24. The van der Waals surface area contributed by atoms with Gasteiger partial charge in [0, 0.05) is 0 Å². The maximum absolute atomic E-state index is 12.3. The Morgan fingerprint density at radius 2 is 1.12 bits per heavy atom. The number of hydrogen-bond acceptors (Lipinski definition) is 5. The van der Waals surface area contributed by atoms with Gasteiger partial charge in [-0.1, -0.05) is 41.5 Å². The van der Waals surface area contributed by atoms with E-state index in [9.17, 15) is 9.59 Å². The maximum Gasteiger partial charge on any atom is 0.334 e. The van der Waals surface area contributed by atoms with E-state index in [1.165, 1.54) is 0 Å². The molecule has 0 unspecified atom stereocenters. The van der Waals surface area contributed by atoms with Crippen molar-refractivity contribution in [1.29, 1.82) is 0 Å². The standard InChI is InChI=1S/C18H38O5Si2/c1-13(16(20)23-25(11,12)18(6,7)8)21-15(19)14(2)22-24(9,10)17(3,4)5/h13-14H,1-12H3/t13-,14-/m0/s1. The number of rotatable bonds is 6. The normalized spacial score (nSPS) is 16.2. The molecule has 0 rings (SSSR count). The number of ether oxygens (including phenoxy) is 1. The van der Waals surface area contributed by atoms with Gasteiger partial charge >= 0.3 is 11.9 Å². The highest BCUT2D eigenvalue weighted by atomic mass is 28.4. The van der Waals surface area contributed by atoms with Gasteiger partial charge in [0.15, 0.2) is 14.4 Å². The van der Waals surface area contributed by atoms with Crippen LogP contribution in [0.1, 0.15) is 55.4 Å². The fourth-order valence-corrected chi connectivity index (χ4v) is 3.78. The molecular formula is C18H38O5Si2. The first kappa shape index (κ1) is 24.3. The van der Waals surface area contributed by atoms with Crippen molar-refractivity contribution in [1.82, 2.24) is 0 Å². The van der Waals surface area contributed by atoms with Gasteiger partial charge in [-0.3, -0.25) is 0 Å². The van der Waals surface area contributed by atoms with Gasteiger partial charge in [0.2, 0.25) is 0 Å². The minimum Gasteiger partial charge on any atom is -0.516 e. The van der Waals surface area contributed by atoms with Gasteiger partial charge < -0.3 is 13.6 Å². The Morgan fingerprint density at radius 3 is 1.48 bits per heavy atom. The number of carbonyl (C=O) groups excluding carboxylic acids is 2. The molecule has 148 valence electrons. The van der Waals surface area contributed by atoms with Crippen molar-refractivity contribution in [2.24, 2.45) is 0 Å².